The van der Waals surface area contributed by atoms with Crippen LogP contribution in [0, 0.1) is 10.8 Å². The third-order valence-electron chi connectivity index (χ3n) is 6.96. The van der Waals surface area contributed by atoms with E-state index in [-0.39, 0.29) is 33.9 Å². The first-order valence-corrected chi connectivity index (χ1v) is 12.0. The predicted molar refractivity (Wildman–Crippen MR) is 126 cm³/mol. The van der Waals surface area contributed by atoms with Crippen LogP contribution >= 0.6 is 0 Å². The first-order valence-electron chi connectivity index (χ1n) is 12.0. The molecule has 2 aromatic heterocycles. The van der Waals surface area contributed by atoms with Gasteiger partial charge in [0.2, 0.25) is 5.43 Å². The van der Waals surface area contributed by atoms with Gasteiger partial charge in [-0.3, -0.25) is 14.4 Å². The number of nitrogens with zero attached hydrogens (tertiary/aromatic N) is 2. The highest BCUT2D eigenvalue weighted by Crippen LogP contribution is 2.52. The lowest BCUT2D eigenvalue weighted by atomic mass is 9.65. The van der Waals surface area contributed by atoms with Crippen LogP contribution in [0.15, 0.2) is 40.0 Å². The Balaban J connectivity index is 1.69. The smallest absolute Gasteiger partial charge is 0.259 e. The average Bonchev–Trinajstić information content (AvgIpc) is 3.33. The Morgan fingerprint density at radius 3 is 2.64 bits per heavy atom. The number of carbonyl (C=O) groups excluding carboxylic acids is 2. The van der Waals surface area contributed by atoms with Crippen molar-refractivity contribution in [2.24, 2.45) is 10.8 Å². The van der Waals surface area contributed by atoms with E-state index in [9.17, 15) is 14.4 Å². The maximum Gasteiger partial charge on any atom is 0.259 e. The Bertz CT molecular complexity index is 1090. The monoisotopic (exact) mass is 453 g/mol. The number of furan rings is 1. The molecule has 33 heavy (non-hydrogen) atoms. The van der Waals surface area contributed by atoms with Crippen LogP contribution in [0.3, 0.4) is 0 Å². The second kappa shape index (κ2) is 8.84. The molecular formula is C26H35N3O4. The van der Waals surface area contributed by atoms with E-state index in [1.165, 1.54) is 6.20 Å². The van der Waals surface area contributed by atoms with Gasteiger partial charge in [-0.05, 0) is 48.6 Å². The molecule has 7 nitrogen and oxygen atoms in total. The van der Waals surface area contributed by atoms with Crippen molar-refractivity contribution < 1.29 is 14.0 Å². The Hall–Kier alpha value is -2.83. The highest BCUT2D eigenvalue weighted by molar-refractivity contribution is 5.99. The minimum Gasteiger partial charge on any atom is -0.467 e. The summed E-state index contributed by atoms with van der Waals surface area (Å²) in [6.07, 6.45) is 9.38. The van der Waals surface area contributed by atoms with Crippen molar-refractivity contribution >= 4 is 11.8 Å². The lowest BCUT2D eigenvalue weighted by Gasteiger charge is -2.39. The lowest BCUT2D eigenvalue weighted by molar-refractivity contribution is 0.0706. The van der Waals surface area contributed by atoms with Crippen molar-refractivity contribution in [3.8, 4) is 0 Å². The molecular weight excluding hydrogens is 418 g/mol. The van der Waals surface area contributed by atoms with Gasteiger partial charge in [0.25, 0.3) is 11.8 Å². The minimum atomic E-state index is -0.504. The van der Waals surface area contributed by atoms with Crippen molar-refractivity contribution in [3.63, 3.8) is 0 Å². The van der Waals surface area contributed by atoms with Gasteiger partial charge in [-0.15, -0.1) is 0 Å². The number of carbonyl (C=O) groups is 2. The molecule has 0 unspecified atom stereocenters. The Labute approximate surface area is 195 Å². The van der Waals surface area contributed by atoms with Crippen LogP contribution in [-0.4, -0.2) is 40.4 Å². The van der Waals surface area contributed by atoms with Gasteiger partial charge in [-0.25, -0.2) is 0 Å². The summed E-state index contributed by atoms with van der Waals surface area (Å²) in [6, 6.07) is 3.73. The molecule has 1 saturated heterocycles. The van der Waals surface area contributed by atoms with Crippen molar-refractivity contribution in [2.75, 3.05) is 13.1 Å². The summed E-state index contributed by atoms with van der Waals surface area (Å²) in [5.41, 5.74) is -0.233. The zero-order valence-electron chi connectivity index (χ0n) is 20.1. The summed E-state index contributed by atoms with van der Waals surface area (Å²) in [5, 5.41) is 2.82. The van der Waals surface area contributed by atoms with E-state index in [4.69, 9.17) is 4.42 Å². The van der Waals surface area contributed by atoms with Crippen molar-refractivity contribution in [2.45, 2.75) is 72.4 Å². The molecule has 1 N–H and O–H groups in total. The van der Waals surface area contributed by atoms with E-state index < -0.39 is 11.3 Å². The molecule has 1 aliphatic carbocycles. The maximum atomic E-state index is 13.7. The molecule has 1 saturated carbocycles. The van der Waals surface area contributed by atoms with E-state index >= 15 is 0 Å². The number of fused-ring (bicyclic) bond motifs is 2. The molecule has 1 aliphatic heterocycles. The topological polar surface area (TPSA) is 84.6 Å². The third-order valence-corrected chi connectivity index (χ3v) is 6.96. The zero-order chi connectivity index (χ0) is 23.8. The molecule has 7 heteroatoms. The van der Waals surface area contributed by atoms with Crippen LogP contribution in [0.2, 0.25) is 0 Å². The van der Waals surface area contributed by atoms with Gasteiger partial charge in [-0.2, -0.15) is 0 Å². The molecule has 2 aromatic rings. The van der Waals surface area contributed by atoms with Crippen LogP contribution in [0.1, 0.15) is 86.3 Å². The van der Waals surface area contributed by atoms with Gasteiger partial charge in [-0.1, -0.05) is 34.1 Å². The molecule has 2 bridgehead atoms. The van der Waals surface area contributed by atoms with Gasteiger partial charge in [0, 0.05) is 31.5 Å². The Morgan fingerprint density at radius 2 is 1.94 bits per heavy atom. The van der Waals surface area contributed by atoms with Crippen molar-refractivity contribution in [3.05, 3.63) is 57.9 Å². The van der Waals surface area contributed by atoms with E-state index in [0.717, 1.165) is 32.1 Å². The molecule has 0 aromatic carbocycles. The number of unbranched alkanes of at least 4 members (excludes halogenated alkanes) is 1. The Morgan fingerprint density at radius 1 is 1.18 bits per heavy atom. The number of pyridine rings is 1. The minimum absolute atomic E-state index is 0.00257. The summed E-state index contributed by atoms with van der Waals surface area (Å²) < 4.78 is 7.15. The number of likely N-dealkylation sites (tertiary alicyclic amines) is 1. The summed E-state index contributed by atoms with van der Waals surface area (Å²) in [6.45, 7) is 10.2. The first-order chi connectivity index (χ1) is 15.6. The average molecular weight is 454 g/mol. The quantitative estimate of drug-likeness (QED) is 0.641. The number of rotatable bonds is 7. The molecule has 0 spiro atoms. The van der Waals surface area contributed by atoms with Crippen molar-refractivity contribution in [1.82, 2.24) is 14.8 Å². The first kappa shape index (κ1) is 23.3. The fraction of sp³-hybridized carbons (Fsp3) is 0.577. The van der Waals surface area contributed by atoms with Crippen LogP contribution in [0.25, 0.3) is 0 Å². The van der Waals surface area contributed by atoms with Crippen LogP contribution < -0.4 is 10.7 Å². The molecule has 0 radical (unpaired) electrons. The van der Waals surface area contributed by atoms with Gasteiger partial charge in [0.05, 0.1) is 12.8 Å². The molecule has 2 atom stereocenters. The largest absolute Gasteiger partial charge is 0.467 e. The summed E-state index contributed by atoms with van der Waals surface area (Å²) in [7, 11) is 0. The van der Waals surface area contributed by atoms with Crippen LogP contribution in [0.4, 0.5) is 0 Å². The summed E-state index contributed by atoms with van der Waals surface area (Å²) in [4.78, 5) is 41.8. The summed E-state index contributed by atoms with van der Waals surface area (Å²) >= 11 is 0. The number of amides is 2. The molecule has 3 heterocycles. The van der Waals surface area contributed by atoms with Crippen LogP contribution in [0.5, 0.6) is 0 Å². The fourth-order valence-electron chi connectivity index (χ4n) is 5.95. The summed E-state index contributed by atoms with van der Waals surface area (Å²) in [5.74, 6) is -0.0342. The SMILES string of the molecule is CCCCNC(=O)c1cn(Cc2ccco2)cc(C(=O)N2C[C@]3(C)C[C@H]2CC(C)(C)C3)c1=O. The van der Waals surface area contributed by atoms with Gasteiger partial charge >= 0.3 is 0 Å². The highest BCUT2D eigenvalue weighted by Gasteiger charge is 2.51. The van der Waals surface area contributed by atoms with Crippen LogP contribution in [-0.2, 0) is 6.54 Å². The van der Waals surface area contributed by atoms with Crippen molar-refractivity contribution in [1.29, 1.82) is 0 Å². The zero-order valence-corrected chi connectivity index (χ0v) is 20.1. The lowest BCUT2D eigenvalue weighted by Crippen LogP contribution is -2.41. The standard InChI is InChI=1S/C26H35N3O4/c1-5-6-9-27-23(31)20-14-28(13-19-8-7-10-33-19)15-21(22(20)30)24(32)29-17-26(4)12-18(29)11-25(2,3)16-26/h7-8,10,14-15,18H,5-6,9,11-13,16-17H2,1-4H3,(H,27,31)/t18-,26-/m1/s1. The molecule has 2 amide bonds. The molecule has 178 valence electrons. The van der Waals surface area contributed by atoms with E-state index in [1.54, 1.807) is 23.1 Å². The highest BCUT2D eigenvalue weighted by atomic mass is 16.3. The van der Waals surface area contributed by atoms with E-state index in [2.05, 4.69) is 26.1 Å². The van der Waals surface area contributed by atoms with Gasteiger partial charge in [0.1, 0.15) is 16.9 Å². The third kappa shape index (κ3) is 4.92. The molecule has 2 fully saturated rings. The number of hydrogen-bond donors (Lipinski definition) is 1. The van der Waals surface area contributed by atoms with E-state index in [1.807, 2.05) is 17.9 Å². The van der Waals surface area contributed by atoms with Gasteiger partial charge < -0.3 is 19.2 Å². The predicted octanol–water partition coefficient (Wildman–Crippen LogP) is 4.06. The van der Waals surface area contributed by atoms with Gasteiger partial charge in [0.15, 0.2) is 0 Å². The Kier molecular flexibility index (Phi) is 6.25. The fourth-order valence-corrected chi connectivity index (χ4v) is 5.95. The maximum absolute atomic E-state index is 13.7. The second-order valence-electron chi connectivity index (χ2n) is 10.9. The second-order valence-corrected chi connectivity index (χ2v) is 10.9. The number of nitrogens with one attached hydrogen (secondary N) is 1. The number of aromatic nitrogens is 1. The molecule has 2 aliphatic rings. The molecule has 4 rings (SSSR count). The number of hydrogen-bond acceptors (Lipinski definition) is 4. The normalized spacial score (nSPS) is 23.5. The van der Waals surface area contributed by atoms with E-state index in [0.29, 0.717) is 25.4 Å².